The number of hydrogen-bond donors (Lipinski definition) is 1. The lowest BCUT2D eigenvalue weighted by atomic mass is 10.0. The molecule has 1 aromatic rings. The molecule has 2 aliphatic heterocycles. The first kappa shape index (κ1) is 13.1. The molecule has 1 amide bonds. The first-order valence-corrected chi connectivity index (χ1v) is 7.74. The minimum absolute atomic E-state index is 0.314. The SMILES string of the molecule is O=C(CCc1cccc(Br)c1)N1C[C@H]2CNC[C@H]2C1. The number of fused-ring (bicyclic) bond motifs is 1. The monoisotopic (exact) mass is 322 g/mol. The minimum Gasteiger partial charge on any atom is -0.342 e. The van der Waals surface area contributed by atoms with Gasteiger partial charge in [-0.05, 0) is 36.0 Å². The number of likely N-dealkylation sites (tertiary alicyclic amines) is 1. The number of nitrogens with one attached hydrogen (secondary N) is 1. The molecule has 2 atom stereocenters. The predicted octanol–water partition coefficient (Wildman–Crippen LogP) is 2.06. The van der Waals surface area contributed by atoms with Crippen LogP contribution in [-0.4, -0.2) is 37.0 Å². The molecule has 1 N–H and O–H groups in total. The fourth-order valence-electron chi connectivity index (χ4n) is 3.16. The van der Waals surface area contributed by atoms with E-state index in [4.69, 9.17) is 0 Å². The molecule has 3 nitrogen and oxygen atoms in total. The molecular formula is C15H19BrN2O. The summed E-state index contributed by atoms with van der Waals surface area (Å²) in [4.78, 5) is 14.3. The summed E-state index contributed by atoms with van der Waals surface area (Å²) in [5.74, 6) is 1.69. The Bertz CT molecular complexity index is 465. The molecule has 102 valence electrons. The highest BCUT2D eigenvalue weighted by Crippen LogP contribution is 2.26. The fourth-order valence-corrected chi connectivity index (χ4v) is 3.61. The van der Waals surface area contributed by atoms with Gasteiger partial charge in [0, 0.05) is 37.1 Å². The zero-order valence-electron chi connectivity index (χ0n) is 10.9. The number of benzene rings is 1. The van der Waals surface area contributed by atoms with Crippen LogP contribution in [0.25, 0.3) is 0 Å². The van der Waals surface area contributed by atoms with Gasteiger partial charge in [0.15, 0.2) is 0 Å². The second-order valence-corrected chi connectivity index (χ2v) is 6.52. The number of hydrogen-bond acceptors (Lipinski definition) is 2. The van der Waals surface area contributed by atoms with Gasteiger partial charge in [0.1, 0.15) is 0 Å². The van der Waals surface area contributed by atoms with E-state index in [2.05, 4.69) is 38.3 Å². The van der Waals surface area contributed by atoms with Gasteiger partial charge in [-0.25, -0.2) is 0 Å². The molecule has 3 rings (SSSR count). The van der Waals surface area contributed by atoms with E-state index < -0.39 is 0 Å². The van der Waals surface area contributed by atoms with Crippen molar-refractivity contribution in [1.82, 2.24) is 10.2 Å². The van der Waals surface area contributed by atoms with Crippen molar-refractivity contribution < 1.29 is 4.79 Å². The van der Waals surface area contributed by atoms with Crippen LogP contribution < -0.4 is 5.32 Å². The molecule has 2 fully saturated rings. The summed E-state index contributed by atoms with van der Waals surface area (Å²) in [6, 6.07) is 8.21. The summed E-state index contributed by atoms with van der Waals surface area (Å²) in [5, 5.41) is 3.40. The van der Waals surface area contributed by atoms with Crippen molar-refractivity contribution in [2.24, 2.45) is 11.8 Å². The highest BCUT2D eigenvalue weighted by atomic mass is 79.9. The number of amides is 1. The summed E-state index contributed by atoms with van der Waals surface area (Å²) in [6.07, 6.45) is 1.46. The van der Waals surface area contributed by atoms with Crippen molar-refractivity contribution in [3.05, 3.63) is 34.3 Å². The summed E-state index contributed by atoms with van der Waals surface area (Å²) >= 11 is 3.47. The maximum atomic E-state index is 12.2. The molecule has 0 aromatic heterocycles. The topological polar surface area (TPSA) is 32.3 Å². The Morgan fingerprint density at radius 2 is 2.05 bits per heavy atom. The van der Waals surface area contributed by atoms with Gasteiger partial charge in [-0.1, -0.05) is 28.1 Å². The van der Waals surface area contributed by atoms with Gasteiger partial charge in [0.2, 0.25) is 5.91 Å². The lowest BCUT2D eigenvalue weighted by Gasteiger charge is -2.17. The Balaban J connectivity index is 1.52. The number of rotatable bonds is 3. The van der Waals surface area contributed by atoms with E-state index in [0.29, 0.717) is 24.2 Å². The second-order valence-electron chi connectivity index (χ2n) is 5.61. The zero-order valence-corrected chi connectivity index (χ0v) is 12.5. The standard InChI is InChI=1S/C15H19BrN2O/c16-14-3-1-2-11(6-14)4-5-15(19)18-9-12-7-17-8-13(12)10-18/h1-3,6,12-13,17H,4-5,7-10H2/t12-,13+. The highest BCUT2D eigenvalue weighted by Gasteiger charge is 2.37. The zero-order chi connectivity index (χ0) is 13.2. The van der Waals surface area contributed by atoms with Gasteiger partial charge < -0.3 is 10.2 Å². The molecule has 2 heterocycles. The van der Waals surface area contributed by atoms with E-state index in [0.717, 1.165) is 37.1 Å². The van der Waals surface area contributed by atoms with Crippen molar-refractivity contribution in [3.63, 3.8) is 0 Å². The largest absolute Gasteiger partial charge is 0.342 e. The van der Waals surface area contributed by atoms with E-state index in [-0.39, 0.29) is 0 Å². The maximum Gasteiger partial charge on any atom is 0.222 e. The smallest absolute Gasteiger partial charge is 0.222 e. The first-order chi connectivity index (χ1) is 9.22. The molecule has 0 unspecified atom stereocenters. The van der Waals surface area contributed by atoms with Crippen LogP contribution in [0.15, 0.2) is 28.7 Å². The van der Waals surface area contributed by atoms with Gasteiger partial charge >= 0.3 is 0 Å². The lowest BCUT2D eigenvalue weighted by molar-refractivity contribution is -0.130. The Hall–Kier alpha value is -0.870. The van der Waals surface area contributed by atoms with Crippen LogP contribution in [-0.2, 0) is 11.2 Å². The predicted molar refractivity (Wildman–Crippen MR) is 78.9 cm³/mol. The maximum absolute atomic E-state index is 12.2. The van der Waals surface area contributed by atoms with Crippen molar-refractivity contribution >= 4 is 21.8 Å². The second kappa shape index (κ2) is 5.63. The molecular weight excluding hydrogens is 304 g/mol. The Labute approximate surface area is 122 Å². The molecule has 0 aliphatic carbocycles. The van der Waals surface area contributed by atoms with Crippen molar-refractivity contribution in [3.8, 4) is 0 Å². The Morgan fingerprint density at radius 1 is 1.32 bits per heavy atom. The van der Waals surface area contributed by atoms with Crippen LogP contribution in [0.3, 0.4) is 0 Å². The summed E-state index contributed by atoms with van der Waals surface area (Å²) in [6.45, 7) is 4.07. The third-order valence-corrected chi connectivity index (χ3v) is 4.75. The van der Waals surface area contributed by atoms with E-state index >= 15 is 0 Å². The van der Waals surface area contributed by atoms with Gasteiger partial charge in [-0.2, -0.15) is 0 Å². The van der Waals surface area contributed by atoms with E-state index in [1.54, 1.807) is 0 Å². The molecule has 0 bridgehead atoms. The first-order valence-electron chi connectivity index (χ1n) is 6.95. The van der Waals surface area contributed by atoms with E-state index in [9.17, 15) is 4.79 Å². The van der Waals surface area contributed by atoms with Gasteiger partial charge in [0.25, 0.3) is 0 Å². The summed E-state index contributed by atoms with van der Waals surface area (Å²) < 4.78 is 1.08. The van der Waals surface area contributed by atoms with Crippen LogP contribution in [0.1, 0.15) is 12.0 Å². The third-order valence-electron chi connectivity index (χ3n) is 4.26. The van der Waals surface area contributed by atoms with Crippen LogP contribution in [0.5, 0.6) is 0 Å². The summed E-state index contributed by atoms with van der Waals surface area (Å²) in [7, 11) is 0. The Morgan fingerprint density at radius 3 is 2.74 bits per heavy atom. The molecule has 4 heteroatoms. The van der Waals surface area contributed by atoms with E-state index in [1.165, 1.54) is 5.56 Å². The average Bonchev–Trinajstić information content (AvgIpc) is 2.96. The van der Waals surface area contributed by atoms with Crippen LogP contribution in [0.4, 0.5) is 0 Å². The van der Waals surface area contributed by atoms with Crippen LogP contribution in [0, 0.1) is 11.8 Å². The van der Waals surface area contributed by atoms with Gasteiger partial charge in [-0.15, -0.1) is 0 Å². The number of nitrogens with zero attached hydrogens (tertiary/aromatic N) is 1. The average molecular weight is 323 g/mol. The number of carbonyl (C=O) groups excluding carboxylic acids is 1. The summed E-state index contributed by atoms with van der Waals surface area (Å²) in [5.41, 5.74) is 1.23. The molecule has 2 aliphatic rings. The molecule has 0 radical (unpaired) electrons. The normalized spacial score (nSPS) is 25.6. The quantitative estimate of drug-likeness (QED) is 0.923. The number of carbonyl (C=O) groups is 1. The number of halogens is 1. The number of aryl methyl sites for hydroxylation is 1. The lowest BCUT2D eigenvalue weighted by Crippen LogP contribution is -2.31. The fraction of sp³-hybridized carbons (Fsp3) is 0.533. The van der Waals surface area contributed by atoms with Crippen molar-refractivity contribution in [2.45, 2.75) is 12.8 Å². The van der Waals surface area contributed by atoms with Crippen LogP contribution in [0.2, 0.25) is 0 Å². The van der Waals surface area contributed by atoms with Crippen molar-refractivity contribution in [2.75, 3.05) is 26.2 Å². The molecule has 19 heavy (non-hydrogen) atoms. The van der Waals surface area contributed by atoms with Gasteiger partial charge in [0.05, 0.1) is 0 Å². The van der Waals surface area contributed by atoms with Crippen LogP contribution >= 0.6 is 15.9 Å². The molecule has 0 spiro atoms. The minimum atomic E-state index is 0.314. The van der Waals surface area contributed by atoms with Crippen molar-refractivity contribution in [1.29, 1.82) is 0 Å². The Kier molecular flexibility index (Phi) is 3.89. The molecule has 2 saturated heterocycles. The third kappa shape index (κ3) is 3.00. The molecule has 1 aromatic carbocycles. The molecule has 0 saturated carbocycles. The highest BCUT2D eigenvalue weighted by molar-refractivity contribution is 9.10. The van der Waals surface area contributed by atoms with E-state index in [1.807, 2.05) is 12.1 Å². The van der Waals surface area contributed by atoms with Gasteiger partial charge in [-0.3, -0.25) is 4.79 Å².